The summed E-state index contributed by atoms with van der Waals surface area (Å²) in [6.07, 6.45) is 0. The minimum atomic E-state index is 0.476. The molecule has 0 aliphatic carbocycles. The van der Waals surface area contributed by atoms with Crippen molar-refractivity contribution < 1.29 is 0 Å². The van der Waals surface area contributed by atoms with Crippen LogP contribution in [0.1, 0.15) is 31.0 Å². The molecular weight excluding hydrogens is 174 g/mol. The van der Waals surface area contributed by atoms with Crippen LogP contribution < -0.4 is 5.73 Å². The van der Waals surface area contributed by atoms with E-state index in [0.29, 0.717) is 12.5 Å². The summed E-state index contributed by atoms with van der Waals surface area (Å²) in [7, 11) is 0. The van der Waals surface area contributed by atoms with Gasteiger partial charge in [0.25, 0.3) is 0 Å². The lowest BCUT2D eigenvalue weighted by Gasteiger charge is -2.01. The topological polar surface area (TPSA) is 54.7 Å². The number of H-pyrrole nitrogens is 1. The molecule has 1 aromatic heterocycles. The van der Waals surface area contributed by atoms with Crippen LogP contribution >= 0.6 is 0 Å². The molecule has 0 aliphatic rings. The second-order valence-electron chi connectivity index (χ2n) is 3.85. The molecule has 0 atom stereocenters. The first-order valence-electron chi connectivity index (χ1n) is 4.89. The van der Waals surface area contributed by atoms with Crippen LogP contribution in [-0.4, -0.2) is 10.2 Å². The van der Waals surface area contributed by atoms with Gasteiger partial charge < -0.3 is 5.73 Å². The molecule has 3 nitrogen and oxygen atoms in total. The second-order valence-corrected chi connectivity index (χ2v) is 3.85. The van der Waals surface area contributed by atoms with Gasteiger partial charge in [-0.25, -0.2) is 0 Å². The summed E-state index contributed by atoms with van der Waals surface area (Å²) in [5.74, 6) is 0.476. The van der Waals surface area contributed by atoms with E-state index in [2.05, 4.69) is 36.2 Å². The molecule has 0 saturated heterocycles. The zero-order valence-corrected chi connectivity index (χ0v) is 8.54. The average molecular weight is 189 g/mol. The predicted molar refractivity (Wildman–Crippen MR) is 58.1 cm³/mol. The number of rotatable bonds is 2. The van der Waals surface area contributed by atoms with E-state index in [0.717, 1.165) is 11.1 Å². The Kier molecular flexibility index (Phi) is 2.25. The molecule has 0 unspecified atom stereocenters. The van der Waals surface area contributed by atoms with E-state index in [9.17, 15) is 0 Å². The summed E-state index contributed by atoms with van der Waals surface area (Å²) < 4.78 is 0. The number of fused-ring (bicyclic) bond motifs is 1. The number of benzene rings is 1. The van der Waals surface area contributed by atoms with Crippen molar-refractivity contribution in [3.8, 4) is 0 Å². The van der Waals surface area contributed by atoms with Crippen molar-refractivity contribution >= 4 is 10.9 Å². The van der Waals surface area contributed by atoms with Gasteiger partial charge in [0.05, 0.1) is 5.52 Å². The van der Waals surface area contributed by atoms with Gasteiger partial charge in [-0.1, -0.05) is 26.0 Å². The molecule has 0 saturated carbocycles. The standard InChI is InChI=1S/C11H15N3/c1-7(2)11-9-4-3-8(6-12)5-10(9)13-14-11/h3-5,7H,6,12H2,1-2H3,(H,13,14). The molecule has 0 amide bonds. The maximum atomic E-state index is 5.57. The van der Waals surface area contributed by atoms with Crippen LogP contribution in [-0.2, 0) is 6.54 Å². The molecule has 0 aliphatic heterocycles. The highest BCUT2D eigenvalue weighted by atomic mass is 15.1. The molecule has 14 heavy (non-hydrogen) atoms. The summed E-state index contributed by atoms with van der Waals surface area (Å²) in [6.45, 7) is 4.88. The number of hydrogen-bond acceptors (Lipinski definition) is 2. The Morgan fingerprint density at radius 2 is 2.21 bits per heavy atom. The van der Waals surface area contributed by atoms with Crippen molar-refractivity contribution in [3.63, 3.8) is 0 Å². The van der Waals surface area contributed by atoms with Gasteiger partial charge in [-0.05, 0) is 17.5 Å². The summed E-state index contributed by atoms with van der Waals surface area (Å²) >= 11 is 0. The number of nitrogens with one attached hydrogen (secondary N) is 1. The lowest BCUT2D eigenvalue weighted by atomic mass is 10.0. The number of nitrogens with zero attached hydrogens (tertiary/aromatic N) is 1. The zero-order chi connectivity index (χ0) is 10.1. The SMILES string of the molecule is CC(C)c1[nH]nc2cc(CN)ccc12. The Hall–Kier alpha value is -1.35. The fraction of sp³-hybridized carbons (Fsp3) is 0.364. The highest BCUT2D eigenvalue weighted by Crippen LogP contribution is 2.23. The Morgan fingerprint density at radius 3 is 2.86 bits per heavy atom. The number of nitrogens with two attached hydrogens (primary N) is 1. The van der Waals surface area contributed by atoms with Crippen molar-refractivity contribution in [1.82, 2.24) is 10.2 Å². The van der Waals surface area contributed by atoms with E-state index in [4.69, 9.17) is 5.73 Å². The lowest BCUT2D eigenvalue weighted by molar-refractivity contribution is 0.818. The van der Waals surface area contributed by atoms with E-state index < -0.39 is 0 Å². The van der Waals surface area contributed by atoms with Gasteiger partial charge in [0.1, 0.15) is 0 Å². The second kappa shape index (κ2) is 3.42. The van der Waals surface area contributed by atoms with Gasteiger partial charge in [0.15, 0.2) is 0 Å². The van der Waals surface area contributed by atoms with Crippen LogP contribution in [0.4, 0.5) is 0 Å². The zero-order valence-electron chi connectivity index (χ0n) is 8.54. The molecule has 1 aromatic carbocycles. The van der Waals surface area contributed by atoms with E-state index >= 15 is 0 Å². The maximum Gasteiger partial charge on any atom is 0.0927 e. The van der Waals surface area contributed by atoms with Crippen LogP contribution in [0.2, 0.25) is 0 Å². The third-order valence-corrected chi connectivity index (χ3v) is 2.46. The molecule has 2 aromatic rings. The average Bonchev–Trinajstić information content (AvgIpc) is 2.59. The largest absolute Gasteiger partial charge is 0.326 e. The van der Waals surface area contributed by atoms with Crippen LogP contribution in [0, 0.1) is 0 Å². The molecule has 2 rings (SSSR count). The predicted octanol–water partition coefficient (Wildman–Crippen LogP) is 2.15. The summed E-state index contributed by atoms with van der Waals surface area (Å²) in [6, 6.07) is 6.19. The molecule has 1 heterocycles. The van der Waals surface area contributed by atoms with Crippen LogP contribution in [0.3, 0.4) is 0 Å². The van der Waals surface area contributed by atoms with E-state index in [-0.39, 0.29) is 0 Å². The molecule has 0 fully saturated rings. The van der Waals surface area contributed by atoms with Gasteiger partial charge in [-0.2, -0.15) is 5.10 Å². The number of aromatic nitrogens is 2. The summed E-state index contributed by atoms with van der Waals surface area (Å²) in [5.41, 5.74) is 8.90. The number of hydrogen-bond donors (Lipinski definition) is 2. The minimum Gasteiger partial charge on any atom is -0.326 e. The Balaban J connectivity index is 2.59. The maximum absolute atomic E-state index is 5.57. The fourth-order valence-corrected chi connectivity index (χ4v) is 1.65. The molecular formula is C11H15N3. The molecule has 3 heteroatoms. The first-order valence-corrected chi connectivity index (χ1v) is 4.89. The quantitative estimate of drug-likeness (QED) is 0.760. The third kappa shape index (κ3) is 1.40. The van der Waals surface area contributed by atoms with Crippen molar-refractivity contribution in [3.05, 3.63) is 29.5 Å². The first-order chi connectivity index (χ1) is 6.72. The molecule has 74 valence electrons. The smallest absolute Gasteiger partial charge is 0.0927 e. The Bertz CT molecular complexity index is 443. The molecule has 3 N–H and O–H groups in total. The van der Waals surface area contributed by atoms with Gasteiger partial charge in [0.2, 0.25) is 0 Å². The van der Waals surface area contributed by atoms with Crippen molar-refractivity contribution in [2.24, 2.45) is 5.73 Å². The summed E-state index contributed by atoms with van der Waals surface area (Å²) in [5, 5.41) is 8.55. The van der Waals surface area contributed by atoms with Crippen LogP contribution in [0.5, 0.6) is 0 Å². The molecule has 0 spiro atoms. The van der Waals surface area contributed by atoms with Crippen molar-refractivity contribution in [2.75, 3.05) is 0 Å². The van der Waals surface area contributed by atoms with E-state index in [1.54, 1.807) is 0 Å². The van der Waals surface area contributed by atoms with Gasteiger partial charge >= 0.3 is 0 Å². The lowest BCUT2D eigenvalue weighted by Crippen LogP contribution is -1.95. The number of aromatic amines is 1. The van der Waals surface area contributed by atoms with E-state index in [1.807, 2.05) is 6.07 Å². The third-order valence-electron chi connectivity index (χ3n) is 2.46. The summed E-state index contributed by atoms with van der Waals surface area (Å²) in [4.78, 5) is 0. The van der Waals surface area contributed by atoms with Crippen LogP contribution in [0.15, 0.2) is 18.2 Å². The highest BCUT2D eigenvalue weighted by Gasteiger charge is 2.08. The van der Waals surface area contributed by atoms with Gasteiger partial charge in [-0.3, -0.25) is 5.10 Å². The molecule has 0 bridgehead atoms. The minimum absolute atomic E-state index is 0.476. The molecule has 0 radical (unpaired) electrons. The van der Waals surface area contributed by atoms with E-state index in [1.165, 1.54) is 11.1 Å². The van der Waals surface area contributed by atoms with Gasteiger partial charge in [-0.15, -0.1) is 0 Å². The Morgan fingerprint density at radius 1 is 1.43 bits per heavy atom. The highest BCUT2D eigenvalue weighted by molar-refractivity contribution is 5.82. The van der Waals surface area contributed by atoms with Gasteiger partial charge in [0, 0.05) is 17.6 Å². The van der Waals surface area contributed by atoms with Crippen LogP contribution in [0.25, 0.3) is 10.9 Å². The van der Waals surface area contributed by atoms with Crippen molar-refractivity contribution in [1.29, 1.82) is 0 Å². The Labute approximate surface area is 83.3 Å². The normalized spacial score (nSPS) is 11.4. The van der Waals surface area contributed by atoms with Crippen molar-refractivity contribution in [2.45, 2.75) is 26.3 Å². The fourth-order valence-electron chi connectivity index (χ4n) is 1.65. The monoisotopic (exact) mass is 189 g/mol. The first kappa shape index (κ1) is 9.21.